The molecule has 2 rings (SSSR count). The normalized spacial score (nSPS) is 27.5. The number of hydrogen-bond acceptors (Lipinski definition) is 4. The van der Waals surface area contributed by atoms with Gasteiger partial charge >= 0.3 is 0 Å². The zero-order chi connectivity index (χ0) is 13.9. The van der Waals surface area contributed by atoms with Gasteiger partial charge in [-0.1, -0.05) is 19.8 Å². The number of hydrogen-bond donors (Lipinski definition) is 1. The summed E-state index contributed by atoms with van der Waals surface area (Å²) in [6.45, 7) is 5.29. The van der Waals surface area contributed by atoms with Gasteiger partial charge in [-0.3, -0.25) is 4.98 Å². The third-order valence-corrected chi connectivity index (χ3v) is 4.37. The fraction of sp³-hybridized carbons (Fsp3) is 0.733. The summed E-state index contributed by atoms with van der Waals surface area (Å²) in [5, 5.41) is 3.48. The molecule has 0 saturated heterocycles. The minimum atomic E-state index is 0.253. The van der Waals surface area contributed by atoms with Gasteiger partial charge in [0.1, 0.15) is 5.82 Å². The second-order valence-electron chi connectivity index (χ2n) is 6.22. The lowest BCUT2D eigenvalue weighted by Gasteiger charge is -2.45. The van der Waals surface area contributed by atoms with Crippen molar-refractivity contribution in [2.75, 3.05) is 26.0 Å². The van der Waals surface area contributed by atoms with Gasteiger partial charge in [-0.05, 0) is 39.8 Å². The summed E-state index contributed by atoms with van der Waals surface area (Å²) in [6.07, 6.45) is 8.79. The highest BCUT2D eigenvalue weighted by Crippen LogP contribution is 2.35. The molecule has 0 aliphatic heterocycles. The molecule has 1 aromatic heterocycles. The van der Waals surface area contributed by atoms with Gasteiger partial charge in [0.25, 0.3) is 0 Å². The summed E-state index contributed by atoms with van der Waals surface area (Å²) in [4.78, 5) is 11.1. The van der Waals surface area contributed by atoms with Crippen LogP contribution in [-0.4, -0.2) is 41.0 Å². The molecule has 0 spiro atoms. The average Bonchev–Trinajstić information content (AvgIpc) is 2.36. The quantitative estimate of drug-likeness (QED) is 0.906. The lowest BCUT2D eigenvalue weighted by atomic mass is 9.75. The zero-order valence-electron chi connectivity index (χ0n) is 12.6. The summed E-state index contributed by atoms with van der Waals surface area (Å²) < 4.78 is 0. The SMILES string of the molecule is Cc1cncc(NCC2(N(C)C)CCCC(C)C2)n1. The van der Waals surface area contributed by atoms with Crippen LogP contribution in [0, 0.1) is 12.8 Å². The Balaban J connectivity index is 2.05. The molecule has 1 aliphatic rings. The van der Waals surface area contributed by atoms with E-state index in [0.717, 1.165) is 24.0 Å². The molecule has 1 N–H and O–H groups in total. The Morgan fingerprint density at radius 3 is 2.84 bits per heavy atom. The first-order valence-corrected chi connectivity index (χ1v) is 7.22. The van der Waals surface area contributed by atoms with E-state index in [9.17, 15) is 0 Å². The van der Waals surface area contributed by atoms with Crippen molar-refractivity contribution < 1.29 is 0 Å². The van der Waals surface area contributed by atoms with Crippen molar-refractivity contribution in [3.8, 4) is 0 Å². The van der Waals surface area contributed by atoms with Gasteiger partial charge in [-0.15, -0.1) is 0 Å². The molecule has 4 heteroatoms. The number of nitrogens with zero attached hydrogens (tertiary/aromatic N) is 3. The number of aromatic nitrogens is 2. The zero-order valence-corrected chi connectivity index (χ0v) is 12.6. The van der Waals surface area contributed by atoms with Crippen molar-refractivity contribution in [3.05, 3.63) is 18.1 Å². The topological polar surface area (TPSA) is 41.1 Å². The lowest BCUT2D eigenvalue weighted by molar-refractivity contribution is 0.0881. The number of aryl methyl sites for hydroxylation is 1. The molecule has 1 aromatic rings. The third kappa shape index (κ3) is 3.44. The second-order valence-corrected chi connectivity index (χ2v) is 6.22. The first kappa shape index (κ1) is 14.3. The van der Waals surface area contributed by atoms with Gasteiger partial charge in [-0.2, -0.15) is 0 Å². The van der Waals surface area contributed by atoms with E-state index in [0.29, 0.717) is 0 Å². The van der Waals surface area contributed by atoms with Crippen molar-refractivity contribution in [1.82, 2.24) is 14.9 Å². The number of rotatable bonds is 4. The predicted molar refractivity (Wildman–Crippen MR) is 79.3 cm³/mol. The maximum Gasteiger partial charge on any atom is 0.144 e. The van der Waals surface area contributed by atoms with E-state index < -0.39 is 0 Å². The van der Waals surface area contributed by atoms with Crippen LogP contribution in [0.3, 0.4) is 0 Å². The van der Waals surface area contributed by atoms with Crippen LogP contribution in [0.1, 0.15) is 38.3 Å². The van der Waals surface area contributed by atoms with Crippen molar-refractivity contribution in [1.29, 1.82) is 0 Å². The third-order valence-electron chi connectivity index (χ3n) is 4.37. The molecule has 1 fully saturated rings. The van der Waals surface area contributed by atoms with Crippen LogP contribution in [0.5, 0.6) is 0 Å². The molecule has 1 saturated carbocycles. The molecule has 2 unspecified atom stereocenters. The molecule has 0 bridgehead atoms. The summed E-state index contributed by atoms with van der Waals surface area (Å²) in [5.41, 5.74) is 1.21. The van der Waals surface area contributed by atoms with Gasteiger partial charge < -0.3 is 10.2 Å². The van der Waals surface area contributed by atoms with Crippen molar-refractivity contribution in [3.63, 3.8) is 0 Å². The van der Waals surface area contributed by atoms with Crippen molar-refractivity contribution >= 4 is 5.82 Å². The number of nitrogens with one attached hydrogen (secondary N) is 1. The highest BCUT2D eigenvalue weighted by Gasteiger charge is 2.36. The van der Waals surface area contributed by atoms with Crippen LogP contribution in [0.4, 0.5) is 5.82 Å². The Morgan fingerprint density at radius 2 is 2.21 bits per heavy atom. The van der Waals surface area contributed by atoms with E-state index in [-0.39, 0.29) is 5.54 Å². The molecular formula is C15H26N4. The predicted octanol–water partition coefficient (Wildman–Crippen LogP) is 2.71. The first-order valence-electron chi connectivity index (χ1n) is 7.22. The number of likely N-dealkylation sites (N-methyl/N-ethyl adjacent to an activating group) is 1. The molecule has 0 aromatic carbocycles. The summed E-state index contributed by atoms with van der Waals surface area (Å²) in [7, 11) is 4.39. The van der Waals surface area contributed by atoms with Crippen LogP contribution in [0.25, 0.3) is 0 Å². The summed E-state index contributed by atoms with van der Waals surface area (Å²) >= 11 is 0. The molecule has 0 amide bonds. The van der Waals surface area contributed by atoms with Crippen LogP contribution in [0.15, 0.2) is 12.4 Å². The average molecular weight is 262 g/mol. The van der Waals surface area contributed by atoms with E-state index in [1.54, 1.807) is 6.20 Å². The first-order chi connectivity index (χ1) is 9.02. The van der Waals surface area contributed by atoms with Gasteiger partial charge in [0.15, 0.2) is 0 Å². The standard InChI is InChI=1S/C15H26N4/c1-12-6-5-7-15(8-12,19(3)4)11-17-14-10-16-9-13(2)18-14/h9-10,12H,5-8,11H2,1-4H3,(H,17,18). The van der Waals surface area contributed by atoms with E-state index in [1.165, 1.54) is 25.7 Å². The fourth-order valence-corrected chi connectivity index (χ4v) is 3.16. The van der Waals surface area contributed by atoms with E-state index in [1.807, 2.05) is 13.1 Å². The van der Waals surface area contributed by atoms with E-state index in [2.05, 4.69) is 41.2 Å². The highest BCUT2D eigenvalue weighted by atomic mass is 15.2. The molecular weight excluding hydrogens is 236 g/mol. The minimum absolute atomic E-state index is 0.253. The maximum atomic E-state index is 4.47. The fourth-order valence-electron chi connectivity index (χ4n) is 3.16. The summed E-state index contributed by atoms with van der Waals surface area (Å²) in [6, 6.07) is 0. The molecule has 1 aliphatic carbocycles. The summed E-state index contributed by atoms with van der Waals surface area (Å²) in [5.74, 6) is 1.70. The Bertz CT molecular complexity index is 418. The van der Waals surface area contributed by atoms with Crippen LogP contribution in [0.2, 0.25) is 0 Å². The Labute approximate surface area is 116 Å². The van der Waals surface area contributed by atoms with Crippen molar-refractivity contribution in [2.24, 2.45) is 5.92 Å². The molecule has 4 nitrogen and oxygen atoms in total. The van der Waals surface area contributed by atoms with Gasteiger partial charge in [0.2, 0.25) is 0 Å². The smallest absolute Gasteiger partial charge is 0.144 e. The van der Waals surface area contributed by atoms with Crippen LogP contribution >= 0.6 is 0 Å². The maximum absolute atomic E-state index is 4.47. The minimum Gasteiger partial charge on any atom is -0.367 e. The number of anilines is 1. The molecule has 1 heterocycles. The molecule has 0 radical (unpaired) electrons. The van der Waals surface area contributed by atoms with Crippen LogP contribution in [-0.2, 0) is 0 Å². The van der Waals surface area contributed by atoms with E-state index >= 15 is 0 Å². The van der Waals surface area contributed by atoms with Gasteiger partial charge in [0.05, 0.1) is 11.9 Å². The van der Waals surface area contributed by atoms with E-state index in [4.69, 9.17) is 0 Å². The van der Waals surface area contributed by atoms with Crippen molar-refractivity contribution in [2.45, 2.75) is 45.1 Å². The largest absolute Gasteiger partial charge is 0.367 e. The highest BCUT2D eigenvalue weighted by molar-refractivity contribution is 5.32. The van der Waals surface area contributed by atoms with Gasteiger partial charge in [-0.25, -0.2) is 4.98 Å². The molecule has 106 valence electrons. The van der Waals surface area contributed by atoms with Gasteiger partial charge in [0, 0.05) is 18.3 Å². The monoisotopic (exact) mass is 262 g/mol. The Morgan fingerprint density at radius 1 is 1.42 bits per heavy atom. The Kier molecular flexibility index (Phi) is 4.40. The van der Waals surface area contributed by atoms with Crippen LogP contribution < -0.4 is 5.32 Å². The Hall–Kier alpha value is -1.16. The molecule has 2 atom stereocenters. The lowest BCUT2D eigenvalue weighted by Crippen LogP contribution is -2.52. The molecule has 19 heavy (non-hydrogen) atoms. The second kappa shape index (κ2) is 5.87.